The number of H-pyrrole nitrogens is 1. The van der Waals surface area contributed by atoms with Crippen molar-refractivity contribution in [3.8, 4) is 0 Å². The van der Waals surface area contributed by atoms with E-state index in [1.54, 1.807) is 13.1 Å². The van der Waals surface area contributed by atoms with E-state index in [4.69, 9.17) is 11.5 Å². The number of amides is 3. The second kappa shape index (κ2) is 15.1. The fourth-order valence-electron chi connectivity index (χ4n) is 3.35. The van der Waals surface area contributed by atoms with E-state index in [-0.39, 0.29) is 18.8 Å². The Hall–Kier alpha value is -3.03. The van der Waals surface area contributed by atoms with Crippen LogP contribution in [0.4, 0.5) is 0 Å². The Labute approximate surface area is 204 Å². The van der Waals surface area contributed by atoms with E-state index in [1.807, 2.05) is 6.92 Å². The molecule has 13 heteroatoms. The van der Waals surface area contributed by atoms with Crippen LogP contribution in [0.5, 0.6) is 0 Å². The highest BCUT2D eigenvalue weighted by molar-refractivity contribution is 5.94. The minimum Gasteiger partial charge on any atom is -0.480 e. The van der Waals surface area contributed by atoms with Crippen molar-refractivity contribution in [2.75, 3.05) is 6.54 Å². The molecule has 35 heavy (non-hydrogen) atoms. The third-order valence-corrected chi connectivity index (χ3v) is 5.75. The summed E-state index contributed by atoms with van der Waals surface area (Å²) in [7, 11) is 0. The predicted molar refractivity (Wildman–Crippen MR) is 128 cm³/mol. The molecular formula is C22H39N7O6. The van der Waals surface area contributed by atoms with E-state index in [1.165, 1.54) is 13.3 Å². The van der Waals surface area contributed by atoms with Gasteiger partial charge in [0.1, 0.15) is 12.1 Å². The average Bonchev–Trinajstić information content (AvgIpc) is 3.31. The molecule has 1 aromatic rings. The number of imidazole rings is 1. The molecule has 0 spiro atoms. The fourth-order valence-corrected chi connectivity index (χ4v) is 3.35. The molecule has 0 aliphatic rings. The summed E-state index contributed by atoms with van der Waals surface area (Å²) in [5.41, 5.74) is 12.2. The molecule has 198 valence electrons. The van der Waals surface area contributed by atoms with Crippen LogP contribution < -0.4 is 27.4 Å². The van der Waals surface area contributed by atoms with Crippen molar-refractivity contribution in [3.05, 3.63) is 18.2 Å². The Morgan fingerprint density at radius 3 is 2.23 bits per heavy atom. The number of nitrogens with zero attached hydrogens (tertiary/aromatic N) is 1. The van der Waals surface area contributed by atoms with Crippen LogP contribution in [0.15, 0.2) is 12.5 Å². The molecule has 10 N–H and O–H groups in total. The van der Waals surface area contributed by atoms with Gasteiger partial charge in [0.15, 0.2) is 6.04 Å². The lowest BCUT2D eigenvalue weighted by atomic mass is 9.96. The SMILES string of the molecule is CCC(C)C(NC(=O)C(CCCCN)NC(=O)C(N)Cc1cnc[nH]1)C(=O)NC(C(=O)O)C(C)O. The molecule has 0 aliphatic heterocycles. The Morgan fingerprint density at radius 1 is 1.06 bits per heavy atom. The van der Waals surface area contributed by atoms with E-state index in [0.717, 1.165) is 0 Å². The van der Waals surface area contributed by atoms with Gasteiger partial charge in [-0.15, -0.1) is 0 Å². The van der Waals surface area contributed by atoms with Gasteiger partial charge in [0, 0.05) is 18.3 Å². The van der Waals surface area contributed by atoms with Gasteiger partial charge in [-0.05, 0) is 38.6 Å². The number of aliphatic hydroxyl groups is 1. The summed E-state index contributed by atoms with van der Waals surface area (Å²) >= 11 is 0. The molecular weight excluding hydrogens is 458 g/mol. The summed E-state index contributed by atoms with van der Waals surface area (Å²) in [6.45, 7) is 5.20. The molecule has 0 aliphatic carbocycles. The second-order valence-corrected chi connectivity index (χ2v) is 8.67. The second-order valence-electron chi connectivity index (χ2n) is 8.67. The van der Waals surface area contributed by atoms with E-state index in [2.05, 4.69) is 25.9 Å². The molecule has 1 heterocycles. The number of aromatic amines is 1. The molecule has 3 amide bonds. The Kier molecular flexibility index (Phi) is 12.9. The normalized spacial score (nSPS) is 16.3. The maximum absolute atomic E-state index is 13.1. The van der Waals surface area contributed by atoms with Crippen molar-refractivity contribution < 1.29 is 29.4 Å². The zero-order chi connectivity index (χ0) is 26.5. The number of nitrogens with one attached hydrogen (secondary N) is 4. The molecule has 1 aromatic heterocycles. The number of carbonyl (C=O) groups excluding carboxylic acids is 3. The van der Waals surface area contributed by atoms with Gasteiger partial charge in [0.2, 0.25) is 17.7 Å². The minimum absolute atomic E-state index is 0.191. The standard InChI is InChI=1S/C22H39N7O6/c1-4-12(2)17(21(33)29-18(13(3)30)22(34)35)28-20(32)16(7-5-6-8-23)27-19(31)15(24)9-14-10-25-11-26-14/h10-13,15-18,30H,4-9,23-24H2,1-3H3,(H,25,26)(H,27,31)(H,28,32)(H,29,33)(H,34,35). The average molecular weight is 498 g/mol. The van der Waals surface area contributed by atoms with Crippen molar-refractivity contribution in [1.29, 1.82) is 0 Å². The van der Waals surface area contributed by atoms with Gasteiger partial charge >= 0.3 is 5.97 Å². The zero-order valence-electron chi connectivity index (χ0n) is 20.5. The minimum atomic E-state index is -1.54. The van der Waals surface area contributed by atoms with Gasteiger partial charge in [0.25, 0.3) is 0 Å². The van der Waals surface area contributed by atoms with Crippen LogP contribution in [0, 0.1) is 5.92 Å². The highest BCUT2D eigenvalue weighted by Crippen LogP contribution is 2.11. The van der Waals surface area contributed by atoms with Crippen molar-refractivity contribution in [2.45, 2.75) is 83.1 Å². The van der Waals surface area contributed by atoms with Crippen molar-refractivity contribution in [3.63, 3.8) is 0 Å². The van der Waals surface area contributed by atoms with Crippen LogP contribution in [-0.2, 0) is 25.6 Å². The summed E-state index contributed by atoms with van der Waals surface area (Å²) in [5, 5.41) is 26.5. The topological polar surface area (TPSA) is 226 Å². The number of hydrogen-bond donors (Lipinski definition) is 8. The number of aliphatic hydroxyl groups excluding tert-OH is 1. The first-order chi connectivity index (χ1) is 16.5. The quantitative estimate of drug-likeness (QED) is 0.123. The summed E-state index contributed by atoms with van der Waals surface area (Å²) in [6.07, 6.45) is 3.82. The monoisotopic (exact) mass is 497 g/mol. The summed E-state index contributed by atoms with van der Waals surface area (Å²) < 4.78 is 0. The van der Waals surface area contributed by atoms with Crippen LogP contribution in [0.25, 0.3) is 0 Å². The van der Waals surface area contributed by atoms with Crippen LogP contribution in [0.2, 0.25) is 0 Å². The highest BCUT2D eigenvalue weighted by Gasteiger charge is 2.34. The lowest BCUT2D eigenvalue weighted by Gasteiger charge is -2.28. The largest absolute Gasteiger partial charge is 0.480 e. The molecule has 0 saturated carbocycles. The zero-order valence-corrected chi connectivity index (χ0v) is 20.5. The number of rotatable bonds is 16. The fraction of sp³-hybridized carbons (Fsp3) is 0.682. The van der Waals surface area contributed by atoms with E-state index in [9.17, 15) is 29.4 Å². The van der Waals surface area contributed by atoms with Crippen LogP contribution in [-0.4, -0.2) is 80.7 Å². The van der Waals surface area contributed by atoms with Crippen LogP contribution >= 0.6 is 0 Å². The van der Waals surface area contributed by atoms with Crippen molar-refractivity contribution in [2.24, 2.45) is 17.4 Å². The number of aliphatic carboxylic acids is 1. The van der Waals surface area contributed by atoms with Gasteiger partial charge in [-0.1, -0.05) is 20.3 Å². The first-order valence-corrected chi connectivity index (χ1v) is 11.8. The molecule has 0 fully saturated rings. The molecule has 0 saturated heterocycles. The van der Waals surface area contributed by atoms with Gasteiger partial charge in [0.05, 0.1) is 18.5 Å². The van der Waals surface area contributed by atoms with Crippen LogP contribution in [0.3, 0.4) is 0 Å². The lowest BCUT2D eigenvalue weighted by molar-refractivity contribution is -0.145. The highest BCUT2D eigenvalue weighted by atomic mass is 16.4. The number of carboxylic acid groups (broad SMARTS) is 1. The molecule has 13 nitrogen and oxygen atoms in total. The summed E-state index contributed by atoms with van der Waals surface area (Å²) in [4.78, 5) is 56.8. The lowest BCUT2D eigenvalue weighted by Crippen LogP contribution is -2.59. The van der Waals surface area contributed by atoms with Gasteiger partial charge in [-0.3, -0.25) is 14.4 Å². The Morgan fingerprint density at radius 2 is 1.71 bits per heavy atom. The van der Waals surface area contributed by atoms with Gasteiger partial charge < -0.3 is 42.6 Å². The molecule has 6 unspecified atom stereocenters. The molecule has 6 atom stereocenters. The van der Waals surface area contributed by atoms with E-state index in [0.29, 0.717) is 31.5 Å². The summed E-state index contributed by atoms with van der Waals surface area (Å²) in [6, 6.07) is -4.53. The van der Waals surface area contributed by atoms with Gasteiger partial charge in [-0.25, -0.2) is 9.78 Å². The number of carbonyl (C=O) groups is 4. The third-order valence-electron chi connectivity index (χ3n) is 5.75. The molecule has 0 aromatic carbocycles. The van der Waals surface area contributed by atoms with Crippen molar-refractivity contribution in [1.82, 2.24) is 25.9 Å². The maximum Gasteiger partial charge on any atom is 0.328 e. The van der Waals surface area contributed by atoms with Crippen molar-refractivity contribution >= 4 is 23.7 Å². The maximum atomic E-state index is 13.1. The molecule has 0 radical (unpaired) electrons. The van der Waals surface area contributed by atoms with Gasteiger partial charge in [-0.2, -0.15) is 0 Å². The van der Waals surface area contributed by atoms with Crippen LogP contribution in [0.1, 0.15) is 52.1 Å². The third kappa shape index (κ3) is 10.0. The number of carboxylic acids is 1. The smallest absolute Gasteiger partial charge is 0.328 e. The number of nitrogens with two attached hydrogens (primary N) is 2. The number of aromatic nitrogens is 2. The number of hydrogen-bond acceptors (Lipinski definition) is 8. The first-order valence-electron chi connectivity index (χ1n) is 11.8. The Balaban J connectivity index is 2.97. The van der Waals surface area contributed by atoms with E-state index >= 15 is 0 Å². The molecule has 1 rings (SSSR count). The Bertz CT molecular complexity index is 817. The predicted octanol–water partition coefficient (Wildman–Crippen LogP) is -1.63. The molecule has 0 bridgehead atoms. The van der Waals surface area contributed by atoms with E-state index < -0.39 is 54.0 Å². The summed E-state index contributed by atoms with van der Waals surface area (Å²) in [5.74, 6) is -3.65. The first kappa shape index (κ1) is 30.0. The number of unbranched alkanes of at least 4 members (excludes halogenated alkanes) is 1.